The molecule has 1 aromatic rings. The largest absolute Gasteiger partial charge is 0.472 e. The van der Waals surface area contributed by atoms with Gasteiger partial charge in [0.1, 0.15) is 6.61 Å². The number of hydrogen-bond donors (Lipinski definition) is 0. The maximum atomic E-state index is 12.2. The molecule has 0 radical (unpaired) electrons. The first-order chi connectivity index (χ1) is 11.1. The highest BCUT2D eigenvalue weighted by Gasteiger charge is 2.60. The summed E-state index contributed by atoms with van der Waals surface area (Å²) in [5, 5.41) is 0. The lowest BCUT2D eigenvalue weighted by molar-refractivity contribution is -0.135. The average molecular weight is 314 g/mol. The van der Waals surface area contributed by atoms with Crippen LogP contribution in [0.5, 0.6) is 0 Å². The molecule has 1 saturated heterocycles. The van der Waals surface area contributed by atoms with Crippen LogP contribution in [0.1, 0.15) is 51.5 Å². The van der Waals surface area contributed by atoms with E-state index in [2.05, 4.69) is 26.0 Å². The van der Waals surface area contributed by atoms with E-state index in [-0.39, 0.29) is 16.8 Å². The van der Waals surface area contributed by atoms with Crippen molar-refractivity contribution < 1.29 is 13.9 Å². The fourth-order valence-electron chi connectivity index (χ4n) is 5.56. The molecule has 0 aromatic carbocycles. The van der Waals surface area contributed by atoms with Crippen LogP contribution >= 0.6 is 0 Å². The van der Waals surface area contributed by atoms with E-state index in [0.717, 1.165) is 31.3 Å². The number of carbonyl (C=O) groups excluding carboxylic acids is 1. The molecule has 23 heavy (non-hydrogen) atoms. The molecule has 0 bridgehead atoms. The van der Waals surface area contributed by atoms with Gasteiger partial charge < -0.3 is 9.15 Å². The highest BCUT2D eigenvalue weighted by molar-refractivity contribution is 5.92. The molecule has 0 unspecified atom stereocenters. The zero-order valence-electron chi connectivity index (χ0n) is 14.1. The lowest BCUT2D eigenvalue weighted by Crippen LogP contribution is -2.51. The first kappa shape index (κ1) is 15.0. The van der Waals surface area contributed by atoms with E-state index in [1.165, 1.54) is 18.4 Å². The summed E-state index contributed by atoms with van der Waals surface area (Å²) in [6, 6.07) is 2.07. The summed E-state index contributed by atoms with van der Waals surface area (Å²) in [6.45, 7) is 5.46. The molecular weight excluding hydrogens is 288 g/mol. The van der Waals surface area contributed by atoms with E-state index >= 15 is 0 Å². The van der Waals surface area contributed by atoms with Crippen molar-refractivity contribution in [3.05, 3.63) is 35.8 Å². The molecule has 124 valence electrons. The Morgan fingerprint density at radius 3 is 3.00 bits per heavy atom. The van der Waals surface area contributed by atoms with Crippen LogP contribution in [0.15, 0.2) is 34.7 Å². The van der Waals surface area contributed by atoms with E-state index in [0.29, 0.717) is 18.4 Å². The molecule has 1 spiro atoms. The molecular formula is C20H26O3. The number of esters is 1. The molecule has 1 aliphatic heterocycles. The topological polar surface area (TPSA) is 39.4 Å². The van der Waals surface area contributed by atoms with E-state index < -0.39 is 0 Å². The van der Waals surface area contributed by atoms with Crippen LogP contribution in [0.2, 0.25) is 0 Å². The Morgan fingerprint density at radius 1 is 1.35 bits per heavy atom. The molecule has 1 aromatic heterocycles. The van der Waals surface area contributed by atoms with Crippen LogP contribution < -0.4 is 0 Å². The highest BCUT2D eigenvalue weighted by Crippen LogP contribution is 2.63. The van der Waals surface area contributed by atoms with Crippen molar-refractivity contribution in [1.29, 1.82) is 0 Å². The molecule has 0 N–H and O–H groups in total. The molecule has 4 atom stereocenters. The fraction of sp³-hybridized carbons (Fsp3) is 0.650. The Balaban J connectivity index is 1.65. The van der Waals surface area contributed by atoms with Crippen molar-refractivity contribution in [2.75, 3.05) is 6.61 Å². The van der Waals surface area contributed by atoms with Gasteiger partial charge in [0.15, 0.2) is 0 Å². The van der Waals surface area contributed by atoms with E-state index in [9.17, 15) is 4.79 Å². The quantitative estimate of drug-likeness (QED) is 0.770. The van der Waals surface area contributed by atoms with Crippen LogP contribution in [0.3, 0.4) is 0 Å². The fourth-order valence-corrected chi connectivity index (χ4v) is 5.56. The first-order valence-corrected chi connectivity index (χ1v) is 8.95. The van der Waals surface area contributed by atoms with E-state index in [1.54, 1.807) is 6.26 Å². The van der Waals surface area contributed by atoms with Crippen LogP contribution in [0.25, 0.3) is 0 Å². The summed E-state index contributed by atoms with van der Waals surface area (Å²) in [7, 11) is 0. The average Bonchev–Trinajstić information content (AvgIpc) is 3.18. The van der Waals surface area contributed by atoms with Crippen molar-refractivity contribution in [1.82, 2.24) is 0 Å². The van der Waals surface area contributed by atoms with Crippen LogP contribution in [0, 0.1) is 22.7 Å². The lowest BCUT2D eigenvalue weighted by atomic mass is 9.47. The number of carbonyl (C=O) groups is 1. The zero-order chi connectivity index (χ0) is 16.1. The van der Waals surface area contributed by atoms with Gasteiger partial charge in [0, 0.05) is 11.0 Å². The Kier molecular flexibility index (Phi) is 3.44. The smallest absolute Gasteiger partial charge is 0.334 e. The third-order valence-corrected chi connectivity index (χ3v) is 7.17. The number of allylic oxidation sites excluding steroid dienone is 1. The number of rotatable bonds is 3. The predicted molar refractivity (Wildman–Crippen MR) is 87.7 cm³/mol. The van der Waals surface area contributed by atoms with Gasteiger partial charge in [-0.2, -0.15) is 0 Å². The summed E-state index contributed by atoms with van der Waals surface area (Å²) in [5.74, 6) is 1.18. The van der Waals surface area contributed by atoms with Crippen molar-refractivity contribution in [2.24, 2.45) is 22.7 Å². The molecule has 2 aliphatic carbocycles. The van der Waals surface area contributed by atoms with Crippen LogP contribution in [0.4, 0.5) is 0 Å². The van der Waals surface area contributed by atoms with Gasteiger partial charge in [-0.1, -0.05) is 19.9 Å². The third kappa shape index (κ3) is 2.12. The third-order valence-electron chi connectivity index (χ3n) is 7.17. The molecule has 0 amide bonds. The van der Waals surface area contributed by atoms with Crippen molar-refractivity contribution in [3.63, 3.8) is 0 Å². The minimum Gasteiger partial charge on any atom is -0.472 e. The Labute approximate surface area is 138 Å². The minimum atomic E-state index is -0.0542. The Hall–Kier alpha value is -1.51. The number of ether oxygens (including phenoxy) is 1. The monoisotopic (exact) mass is 314 g/mol. The number of hydrogen-bond acceptors (Lipinski definition) is 3. The van der Waals surface area contributed by atoms with E-state index in [4.69, 9.17) is 9.15 Å². The summed E-state index contributed by atoms with van der Waals surface area (Å²) in [6.07, 6.45) is 12.5. The molecule has 1 saturated carbocycles. The second-order valence-corrected chi connectivity index (χ2v) is 8.06. The summed E-state index contributed by atoms with van der Waals surface area (Å²) < 4.78 is 10.7. The zero-order valence-corrected chi connectivity index (χ0v) is 14.1. The molecule has 2 fully saturated rings. The van der Waals surface area contributed by atoms with Gasteiger partial charge in [-0.05, 0) is 67.4 Å². The second-order valence-electron chi connectivity index (χ2n) is 8.06. The molecule has 3 aliphatic rings. The predicted octanol–water partition coefficient (Wildman–Crippen LogP) is 4.53. The SMILES string of the molecule is C[C@@H]1CC[C@@]23COC(=O)C2=CCC[C@@H]3[C@@]1(C)CCc1ccoc1. The number of aryl methyl sites for hydroxylation is 1. The van der Waals surface area contributed by atoms with Gasteiger partial charge in [0.25, 0.3) is 0 Å². The number of cyclic esters (lactones) is 1. The molecule has 3 heteroatoms. The van der Waals surface area contributed by atoms with Gasteiger partial charge in [-0.15, -0.1) is 0 Å². The molecule has 4 rings (SSSR count). The normalized spacial score (nSPS) is 39.4. The van der Waals surface area contributed by atoms with Crippen molar-refractivity contribution in [3.8, 4) is 0 Å². The van der Waals surface area contributed by atoms with Gasteiger partial charge in [-0.3, -0.25) is 0 Å². The van der Waals surface area contributed by atoms with E-state index in [1.807, 2.05) is 6.26 Å². The van der Waals surface area contributed by atoms with Gasteiger partial charge in [0.2, 0.25) is 0 Å². The minimum absolute atomic E-state index is 0.00695. The first-order valence-electron chi connectivity index (χ1n) is 8.95. The lowest BCUT2D eigenvalue weighted by Gasteiger charge is -2.56. The number of furan rings is 1. The molecule has 2 heterocycles. The second kappa shape index (κ2) is 5.25. The summed E-state index contributed by atoms with van der Waals surface area (Å²) in [4.78, 5) is 12.2. The van der Waals surface area contributed by atoms with Gasteiger partial charge in [-0.25, -0.2) is 4.79 Å². The Morgan fingerprint density at radius 2 is 2.22 bits per heavy atom. The van der Waals surface area contributed by atoms with Crippen LogP contribution in [-0.2, 0) is 16.0 Å². The Bertz CT molecular complexity index is 629. The van der Waals surface area contributed by atoms with Gasteiger partial charge >= 0.3 is 5.97 Å². The standard InChI is InChI=1S/C20H26O3/c1-14-6-10-20-13-23-18(21)16(20)4-3-5-17(20)19(14,2)9-7-15-8-11-22-12-15/h4,8,11-12,14,17H,3,5-7,9-10,13H2,1-2H3/t14-,17-,19+,20-/m1/s1. The van der Waals surface area contributed by atoms with Crippen LogP contribution in [-0.4, -0.2) is 12.6 Å². The maximum Gasteiger partial charge on any atom is 0.334 e. The summed E-state index contributed by atoms with van der Waals surface area (Å²) in [5.41, 5.74) is 2.52. The highest BCUT2D eigenvalue weighted by atomic mass is 16.5. The maximum absolute atomic E-state index is 12.2. The summed E-state index contributed by atoms with van der Waals surface area (Å²) >= 11 is 0. The van der Waals surface area contributed by atoms with Crippen molar-refractivity contribution in [2.45, 2.75) is 52.4 Å². The van der Waals surface area contributed by atoms with Gasteiger partial charge in [0.05, 0.1) is 12.5 Å². The molecule has 3 nitrogen and oxygen atoms in total. The van der Waals surface area contributed by atoms with Crippen molar-refractivity contribution >= 4 is 5.97 Å².